The first-order valence-corrected chi connectivity index (χ1v) is 7.68. The maximum atomic E-state index is 6.05. The minimum atomic E-state index is 0.387. The van der Waals surface area contributed by atoms with E-state index in [1.807, 2.05) is 12.4 Å². The Kier molecular flexibility index (Phi) is 3.28. The van der Waals surface area contributed by atoms with E-state index in [4.69, 9.17) is 4.74 Å². The summed E-state index contributed by atoms with van der Waals surface area (Å²) in [5.41, 5.74) is 1.78. The van der Waals surface area contributed by atoms with Gasteiger partial charge in [0.15, 0.2) is 0 Å². The zero-order valence-corrected chi connectivity index (χ0v) is 12.2. The molecule has 2 fully saturated rings. The number of nitrogens with zero attached hydrogens (tertiary/aromatic N) is 2. The smallest absolute Gasteiger partial charge is 0.120 e. The molecule has 1 spiro atoms. The summed E-state index contributed by atoms with van der Waals surface area (Å²) >= 11 is 0. The first-order valence-electron chi connectivity index (χ1n) is 7.68. The first kappa shape index (κ1) is 13.0. The number of aromatic amines is 1. The number of nitrogens with one attached hydrogen (secondary N) is 1. The van der Waals surface area contributed by atoms with Crippen molar-refractivity contribution in [3.8, 4) is 0 Å². The molecule has 0 unspecified atom stereocenters. The fourth-order valence-electron chi connectivity index (χ4n) is 3.73. The molecule has 4 nitrogen and oxygen atoms in total. The molecule has 0 amide bonds. The third kappa shape index (κ3) is 2.74. The molecule has 4 rings (SSSR count). The third-order valence-corrected chi connectivity index (χ3v) is 4.64. The molecule has 0 aliphatic carbocycles. The third-order valence-electron chi connectivity index (χ3n) is 4.64. The van der Waals surface area contributed by atoms with E-state index in [9.17, 15) is 0 Å². The Morgan fingerprint density at radius 2 is 2.14 bits per heavy atom. The Morgan fingerprint density at radius 3 is 2.90 bits per heavy atom. The topological polar surface area (TPSA) is 41.1 Å². The van der Waals surface area contributed by atoms with Crippen LogP contribution in [0.3, 0.4) is 0 Å². The summed E-state index contributed by atoms with van der Waals surface area (Å²) in [6.07, 6.45) is 6.33. The average molecular weight is 283 g/mol. The van der Waals surface area contributed by atoms with Crippen molar-refractivity contribution in [1.29, 1.82) is 0 Å². The minimum absolute atomic E-state index is 0.387. The van der Waals surface area contributed by atoms with Crippen LogP contribution in [-0.2, 0) is 17.7 Å². The molecular weight excluding hydrogens is 262 g/mol. The number of hydrogen-bond acceptors (Lipinski definition) is 3. The zero-order valence-electron chi connectivity index (χ0n) is 12.2. The number of hydrogen-bond donors (Lipinski definition) is 1. The summed E-state index contributed by atoms with van der Waals surface area (Å²) in [5.74, 6) is 1.06. The van der Waals surface area contributed by atoms with Gasteiger partial charge in [0.2, 0.25) is 0 Å². The van der Waals surface area contributed by atoms with Crippen LogP contribution in [-0.4, -0.2) is 40.7 Å². The minimum Gasteiger partial charge on any atom is -0.377 e. The average Bonchev–Trinajstić information content (AvgIpc) is 3.10. The normalized spacial score (nSPS) is 24.3. The van der Waals surface area contributed by atoms with E-state index in [0.29, 0.717) is 11.5 Å². The van der Waals surface area contributed by atoms with Gasteiger partial charge in [0.05, 0.1) is 19.3 Å². The summed E-state index contributed by atoms with van der Waals surface area (Å²) in [5, 5.41) is 0. The van der Waals surface area contributed by atoms with Crippen LogP contribution in [0.4, 0.5) is 0 Å². The van der Waals surface area contributed by atoms with Gasteiger partial charge in [-0.15, -0.1) is 0 Å². The largest absolute Gasteiger partial charge is 0.377 e. The Labute approximate surface area is 125 Å². The molecule has 1 aromatic carbocycles. The first-order chi connectivity index (χ1) is 10.3. The van der Waals surface area contributed by atoms with Crippen LogP contribution in [0, 0.1) is 5.41 Å². The fourth-order valence-corrected chi connectivity index (χ4v) is 3.73. The van der Waals surface area contributed by atoms with Crippen molar-refractivity contribution >= 4 is 0 Å². The van der Waals surface area contributed by atoms with E-state index in [1.165, 1.54) is 12.0 Å². The second kappa shape index (κ2) is 5.28. The van der Waals surface area contributed by atoms with E-state index in [1.54, 1.807) is 0 Å². The van der Waals surface area contributed by atoms with E-state index in [2.05, 4.69) is 45.2 Å². The molecule has 1 N–H and O–H groups in total. The lowest BCUT2D eigenvalue weighted by Crippen LogP contribution is -2.56. The highest BCUT2D eigenvalue weighted by Gasteiger charge is 2.48. The van der Waals surface area contributed by atoms with Crippen molar-refractivity contribution in [2.45, 2.75) is 25.5 Å². The summed E-state index contributed by atoms with van der Waals surface area (Å²) in [6, 6.07) is 10.7. The summed E-state index contributed by atoms with van der Waals surface area (Å²) < 4.78 is 6.05. The highest BCUT2D eigenvalue weighted by atomic mass is 16.5. The molecule has 2 aliphatic rings. The fraction of sp³-hybridized carbons (Fsp3) is 0.471. The van der Waals surface area contributed by atoms with Gasteiger partial charge in [-0.25, -0.2) is 4.98 Å². The lowest BCUT2D eigenvalue weighted by atomic mass is 9.77. The molecule has 0 bridgehead atoms. The zero-order chi connectivity index (χ0) is 14.1. The molecular formula is C17H21N3O. The molecule has 2 aromatic rings. The van der Waals surface area contributed by atoms with Gasteiger partial charge in [0.25, 0.3) is 0 Å². The highest BCUT2D eigenvalue weighted by Crippen LogP contribution is 2.42. The predicted octanol–water partition coefficient (Wildman–Crippen LogP) is 2.24. The number of imidazole rings is 1. The van der Waals surface area contributed by atoms with Crippen molar-refractivity contribution in [2.24, 2.45) is 5.41 Å². The lowest BCUT2D eigenvalue weighted by Gasteiger charge is -2.47. The standard InChI is InChI=1S/C17H21N3O/c1-2-4-14(5-3-1)8-15-9-17(13-21-15)11-20(12-17)10-16-18-6-7-19-16/h1-7,15H,8-13H2,(H,18,19)/t15-/m0/s1. The van der Waals surface area contributed by atoms with Crippen LogP contribution in [0.1, 0.15) is 17.8 Å². The predicted molar refractivity (Wildman–Crippen MR) is 80.8 cm³/mol. The van der Waals surface area contributed by atoms with Gasteiger partial charge in [-0.05, 0) is 18.4 Å². The quantitative estimate of drug-likeness (QED) is 0.935. The van der Waals surface area contributed by atoms with Crippen LogP contribution < -0.4 is 0 Å². The lowest BCUT2D eigenvalue weighted by molar-refractivity contribution is -0.0153. The number of likely N-dealkylation sites (tertiary alicyclic amines) is 1. The molecule has 1 atom stereocenters. The molecule has 1 aromatic heterocycles. The van der Waals surface area contributed by atoms with E-state index < -0.39 is 0 Å². The van der Waals surface area contributed by atoms with Crippen LogP contribution in [0.5, 0.6) is 0 Å². The Balaban J connectivity index is 1.29. The van der Waals surface area contributed by atoms with Crippen LogP contribution in [0.25, 0.3) is 0 Å². The van der Waals surface area contributed by atoms with Gasteiger partial charge < -0.3 is 9.72 Å². The van der Waals surface area contributed by atoms with Crippen LogP contribution in [0.2, 0.25) is 0 Å². The Bertz CT molecular complexity index is 575. The van der Waals surface area contributed by atoms with Crippen LogP contribution in [0.15, 0.2) is 42.7 Å². The van der Waals surface area contributed by atoms with Gasteiger partial charge in [-0.1, -0.05) is 30.3 Å². The summed E-state index contributed by atoms with van der Waals surface area (Å²) in [6.45, 7) is 4.12. The van der Waals surface area contributed by atoms with E-state index >= 15 is 0 Å². The monoisotopic (exact) mass is 283 g/mol. The molecule has 110 valence electrons. The van der Waals surface area contributed by atoms with Gasteiger partial charge in [-0.2, -0.15) is 0 Å². The molecule has 0 radical (unpaired) electrons. The number of ether oxygens (including phenoxy) is 1. The molecule has 4 heteroatoms. The van der Waals surface area contributed by atoms with Crippen molar-refractivity contribution in [2.75, 3.05) is 19.7 Å². The van der Waals surface area contributed by atoms with Gasteiger partial charge >= 0.3 is 0 Å². The van der Waals surface area contributed by atoms with Gasteiger partial charge in [0.1, 0.15) is 5.82 Å². The number of rotatable bonds is 4. The summed E-state index contributed by atoms with van der Waals surface area (Å²) in [4.78, 5) is 9.92. The maximum Gasteiger partial charge on any atom is 0.120 e. The highest BCUT2D eigenvalue weighted by molar-refractivity contribution is 5.16. The van der Waals surface area contributed by atoms with Crippen molar-refractivity contribution in [1.82, 2.24) is 14.9 Å². The second-order valence-corrected chi connectivity index (χ2v) is 6.51. The van der Waals surface area contributed by atoms with E-state index in [-0.39, 0.29) is 0 Å². The van der Waals surface area contributed by atoms with Crippen molar-refractivity contribution in [3.05, 3.63) is 54.1 Å². The second-order valence-electron chi connectivity index (χ2n) is 6.51. The molecule has 2 saturated heterocycles. The van der Waals surface area contributed by atoms with Crippen LogP contribution >= 0.6 is 0 Å². The maximum absolute atomic E-state index is 6.05. The molecule has 2 aliphatic heterocycles. The SMILES string of the molecule is c1ccc(C[C@H]2CC3(CO2)CN(Cc2ncc[nH]2)C3)cc1. The molecule has 21 heavy (non-hydrogen) atoms. The number of benzene rings is 1. The Morgan fingerprint density at radius 1 is 1.29 bits per heavy atom. The van der Waals surface area contributed by atoms with Crippen molar-refractivity contribution < 1.29 is 4.74 Å². The van der Waals surface area contributed by atoms with E-state index in [0.717, 1.165) is 38.5 Å². The van der Waals surface area contributed by atoms with Crippen molar-refractivity contribution in [3.63, 3.8) is 0 Å². The van der Waals surface area contributed by atoms with Gasteiger partial charge in [-0.3, -0.25) is 4.90 Å². The molecule has 0 saturated carbocycles. The molecule has 3 heterocycles. The summed E-state index contributed by atoms with van der Waals surface area (Å²) in [7, 11) is 0. The Hall–Kier alpha value is -1.65. The van der Waals surface area contributed by atoms with Gasteiger partial charge in [0, 0.05) is 30.9 Å². The number of H-pyrrole nitrogens is 1. The number of aromatic nitrogens is 2.